The van der Waals surface area contributed by atoms with E-state index in [4.69, 9.17) is 14.2 Å². The van der Waals surface area contributed by atoms with Crippen molar-refractivity contribution in [2.24, 2.45) is 0 Å². The van der Waals surface area contributed by atoms with Gasteiger partial charge in [-0.05, 0) is 93.5 Å². The topological polar surface area (TPSA) is 27.7 Å². The largest absolute Gasteiger partial charge is 0.457 e. The van der Waals surface area contributed by atoms with Crippen molar-refractivity contribution in [2.45, 2.75) is 0 Å². The van der Waals surface area contributed by atoms with Crippen LogP contribution in [0.5, 0.6) is 34.5 Å². The highest BCUT2D eigenvalue weighted by Crippen LogP contribution is 2.37. The van der Waals surface area contributed by atoms with E-state index in [1.807, 2.05) is 109 Å². The van der Waals surface area contributed by atoms with Gasteiger partial charge in [0.1, 0.15) is 34.5 Å². The number of benzene rings is 8. The maximum atomic E-state index is 6.46. The lowest BCUT2D eigenvalue weighted by molar-refractivity contribution is 0.460. The van der Waals surface area contributed by atoms with Gasteiger partial charge in [-0.3, -0.25) is 0 Å². The monoisotopic (exact) mass is 658 g/mol. The minimum Gasteiger partial charge on any atom is -0.457 e. The Morgan fingerprint density at radius 3 is 1.14 bits per heavy atom. The van der Waals surface area contributed by atoms with E-state index in [0.717, 1.165) is 50.6 Å². The van der Waals surface area contributed by atoms with Gasteiger partial charge in [0.25, 0.3) is 0 Å². The Morgan fingerprint density at radius 1 is 0.216 bits per heavy atom. The van der Waals surface area contributed by atoms with Crippen LogP contribution in [-0.4, -0.2) is 0 Å². The fraction of sp³-hybridized carbons (Fsp3) is 0. The van der Waals surface area contributed by atoms with E-state index in [9.17, 15) is 0 Å². The molecule has 3 nitrogen and oxygen atoms in total. The van der Waals surface area contributed by atoms with Gasteiger partial charge in [0, 0.05) is 11.6 Å². The van der Waals surface area contributed by atoms with Crippen LogP contribution in [0, 0.1) is 0 Å². The first-order valence-corrected chi connectivity index (χ1v) is 17.0. The molecule has 8 rings (SSSR count). The quantitative estimate of drug-likeness (QED) is 0.146. The number of rotatable bonds is 10. The second-order valence-electron chi connectivity index (χ2n) is 12.2. The Bertz CT molecular complexity index is 2380. The van der Waals surface area contributed by atoms with Crippen molar-refractivity contribution in [1.82, 2.24) is 0 Å². The van der Waals surface area contributed by atoms with Crippen LogP contribution in [0.3, 0.4) is 0 Å². The zero-order chi connectivity index (χ0) is 34.2. The maximum Gasteiger partial charge on any atom is 0.135 e. The van der Waals surface area contributed by atoms with E-state index < -0.39 is 0 Å². The zero-order valence-corrected chi connectivity index (χ0v) is 27.9. The summed E-state index contributed by atoms with van der Waals surface area (Å²) >= 11 is 0. The van der Waals surface area contributed by atoms with Crippen LogP contribution in [0.25, 0.3) is 44.5 Å². The van der Waals surface area contributed by atoms with E-state index >= 15 is 0 Å². The average Bonchev–Trinajstić information content (AvgIpc) is 3.19. The lowest BCUT2D eigenvalue weighted by Gasteiger charge is -2.14. The van der Waals surface area contributed by atoms with Gasteiger partial charge in [-0.1, -0.05) is 146 Å². The summed E-state index contributed by atoms with van der Waals surface area (Å²) in [6.07, 6.45) is 0. The summed E-state index contributed by atoms with van der Waals surface area (Å²) < 4.78 is 19.1. The van der Waals surface area contributed by atoms with E-state index in [2.05, 4.69) is 97.1 Å². The first kappa shape index (κ1) is 31.4. The second-order valence-corrected chi connectivity index (χ2v) is 12.2. The predicted octanol–water partition coefficient (Wildman–Crippen LogP) is 13.7. The molecule has 244 valence electrons. The van der Waals surface area contributed by atoms with Crippen molar-refractivity contribution >= 4 is 0 Å². The molecule has 0 aromatic heterocycles. The van der Waals surface area contributed by atoms with Gasteiger partial charge in [0.2, 0.25) is 0 Å². The van der Waals surface area contributed by atoms with Gasteiger partial charge < -0.3 is 14.2 Å². The number of hydrogen-bond acceptors (Lipinski definition) is 3. The van der Waals surface area contributed by atoms with Crippen LogP contribution in [-0.2, 0) is 0 Å². The first-order chi connectivity index (χ1) is 25.2. The molecular weight excluding hydrogens is 625 g/mol. The Balaban J connectivity index is 0.972. The van der Waals surface area contributed by atoms with Crippen molar-refractivity contribution < 1.29 is 14.2 Å². The molecule has 0 N–H and O–H groups in total. The molecule has 3 heteroatoms. The molecule has 0 amide bonds. The van der Waals surface area contributed by atoms with Crippen molar-refractivity contribution in [3.8, 4) is 79.0 Å². The van der Waals surface area contributed by atoms with Crippen LogP contribution in [0.15, 0.2) is 206 Å². The molecule has 8 aromatic carbocycles. The standard InChI is InChI=1S/C48H34O3/c1-3-13-35(14-4-1)37-27-29-38(30-28-37)40-18-9-20-42(31-40)49-45-23-12-24-46(34-45)50-43-21-11-19-41(33-43)47-25-7-8-26-48(47)51-44-22-10-17-39(32-44)36-15-5-2-6-16-36/h1-34H. The van der Waals surface area contributed by atoms with Crippen molar-refractivity contribution in [1.29, 1.82) is 0 Å². The number of ether oxygens (including phenoxy) is 3. The minimum atomic E-state index is 0.680. The van der Waals surface area contributed by atoms with Gasteiger partial charge in [-0.15, -0.1) is 0 Å². The third-order valence-electron chi connectivity index (χ3n) is 8.64. The molecule has 0 aliphatic rings. The molecule has 0 saturated heterocycles. The molecule has 51 heavy (non-hydrogen) atoms. The zero-order valence-electron chi connectivity index (χ0n) is 27.9. The molecule has 0 unspecified atom stereocenters. The van der Waals surface area contributed by atoms with E-state index in [1.165, 1.54) is 11.1 Å². The fourth-order valence-electron chi connectivity index (χ4n) is 6.12. The summed E-state index contributed by atoms with van der Waals surface area (Å²) in [6, 6.07) is 69.5. The normalized spacial score (nSPS) is 10.7. The summed E-state index contributed by atoms with van der Waals surface area (Å²) in [5, 5.41) is 0. The molecule has 0 spiro atoms. The maximum absolute atomic E-state index is 6.46. The fourth-order valence-corrected chi connectivity index (χ4v) is 6.12. The molecule has 0 bridgehead atoms. The van der Waals surface area contributed by atoms with Gasteiger partial charge in [0.05, 0.1) is 0 Å². The summed E-state index contributed by atoms with van der Waals surface area (Å²) in [6.45, 7) is 0. The van der Waals surface area contributed by atoms with Crippen LogP contribution in [0.1, 0.15) is 0 Å². The smallest absolute Gasteiger partial charge is 0.135 e. The lowest BCUT2D eigenvalue weighted by Crippen LogP contribution is -1.90. The van der Waals surface area contributed by atoms with Crippen molar-refractivity contribution in [2.75, 3.05) is 0 Å². The summed E-state index contributed by atoms with van der Waals surface area (Å²) in [7, 11) is 0. The summed E-state index contributed by atoms with van der Waals surface area (Å²) in [5.41, 5.74) is 8.83. The molecule has 0 heterocycles. The van der Waals surface area contributed by atoms with Crippen molar-refractivity contribution in [3.05, 3.63) is 206 Å². The number of hydrogen-bond donors (Lipinski definition) is 0. The van der Waals surface area contributed by atoms with Crippen LogP contribution in [0.2, 0.25) is 0 Å². The van der Waals surface area contributed by atoms with E-state index in [-0.39, 0.29) is 0 Å². The molecular formula is C48H34O3. The Morgan fingerprint density at radius 2 is 0.569 bits per heavy atom. The van der Waals surface area contributed by atoms with Crippen LogP contribution >= 0.6 is 0 Å². The van der Waals surface area contributed by atoms with E-state index in [0.29, 0.717) is 17.2 Å². The molecule has 0 fully saturated rings. The average molecular weight is 659 g/mol. The Kier molecular flexibility index (Phi) is 9.08. The van der Waals surface area contributed by atoms with Gasteiger partial charge in [-0.2, -0.15) is 0 Å². The van der Waals surface area contributed by atoms with Gasteiger partial charge >= 0.3 is 0 Å². The second kappa shape index (κ2) is 14.7. The lowest BCUT2D eigenvalue weighted by atomic mass is 10.0. The minimum absolute atomic E-state index is 0.680. The number of para-hydroxylation sites is 1. The highest BCUT2D eigenvalue weighted by atomic mass is 16.5. The molecule has 8 aromatic rings. The Labute approximate surface area is 298 Å². The van der Waals surface area contributed by atoms with Crippen LogP contribution < -0.4 is 14.2 Å². The van der Waals surface area contributed by atoms with Gasteiger partial charge in [-0.25, -0.2) is 0 Å². The Hall–Kier alpha value is -6.84. The molecule has 0 aliphatic carbocycles. The summed E-state index contributed by atoms with van der Waals surface area (Å²) in [4.78, 5) is 0. The third kappa shape index (κ3) is 7.59. The molecule has 0 saturated carbocycles. The van der Waals surface area contributed by atoms with Crippen LogP contribution in [0.4, 0.5) is 0 Å². The predicted molar refractivity (Wildman–Crippen MR) is 208 cm³/mol. The van der Waals surface area contributed by atoms with Gasteiger partial charge in [0.15, 0.2) is 0 Å². The highest BCUT2D eigenvalue weighted by Gasteiger charge is 2.11. The first-order valence-electron chi connectivity index (χ1n) is 17.0. The highest BCUT2D eigenvalue weighted by molar-refractivity contribution is 5.73. The molecule has 0 atom stereocenters. The van der Waals surface area contributed by atoms with Crippen molar-refractivity contribution in [3.63, 3.8) is 0 Å². The summed E-state index contributed by atoms with van der Waals surface area (Å²) in [5.74, 6) is 4.39. The molecule has 0 radical (unpaired) electrons. The SMILES string of the molecule is c1ccc(-c2ccc(-c3cccc(Oc4cccc(Oc5cccc(-c6ccccc6Oc6cccc(-c7ccccc7)c6)c5)c4)c3)cc2)cc1. The third-order valence-corrected chi connectivity index (χ3v) is 8.64. The molecule has 0 aliphatic heterocycles. The van der Waals surface area contributed by atoms with E-state index in [1.54, 1.807) is 0 Å².